The molecular formula is C13H17BrIN. The lowest BCUT2D eigenvalue weighted by molar-refractivity contribution is 0.187. The lowest BCUT2D eigenvalue weighted by Gasteiger charge is -2.31. The highest BCUT2D eigenvalue weighted by molar-refractivity contribution is 14.1. The van der Waals surface area contributed by atoms with E-state index in [0.29, 0.717) is 0 Å². The molecule has 0 unspecified atom stereocenters. The fourth-order valence-electron chi connectivity index (χ4n) is 2.15. The van der Waals surface area contributed by atoms with Crippen molar-refractivity contribution in [2.45, 2.75) is 19.4 Å². The summed E-state index contributed by atoms with van der Waals surface area (Å²) in [4.78, 5) is 2.57. The van der Waals surface area contributed by atoms with Gasteiger partial charge in [0, 0.05) is 15.4 Å². The molecule has 0 spiro atoms. The Labute approximate surface area is 120 Å². The van der Waals surface area contributed by atoms with Crippen LogP contribution >= 0.6 is 38.5 Å². The molecule has 1 saturated heterocycles. The quantitative estimate of drug-likeness (QED) is 0.556. The third-order valence-electron chi connectivity index (χ3n) is 3.24. The number of rotatable bonds is 3. The van der Waals surface area contributed by atoms with Gasteiger partial charge in [-0.3, -0.25) is 4.90 Å². The van der Waals surface area contributed by atoms with E-state index in [-0.39, 0.29) is 0 Å². The minimum absolute atomic E-state index is 0.896. The fraction of sp³-hybridized carbons (Fsp3) is 0.538. The number of piperidine rings is 1. The van der Waals surface area contributed by atoms with Crippen LogP contribution in [0, 0.1) is 9.49 Å². The van der Waals surface area contributed by atoms with Crippen LogP contribution in [0.5, 0.6) is 0 Å². The third kappa shape index (κ3) is 3.70. The summed E-state index contributed by atoms with van der Waals surface area (Å²) in [5.41, 5.74) is 1.44. The largest absolute Gasteiger partial charge is 0.299 e. The molecule has 1 nitrogen and oxygen atoms in total. The van der Waals surface area contributed by atoms with Crippen LogP contribution in [0.25, 0.3) is 0 Å². The number of nitrogens with zero attached hydrogens (tertiary/aromatic N) is 1. The Morgan fingerprint density at radius 3 is 2.38 bits per heavy atom. The maximum absolute atomic E-state index is 3.59. The SMILES string of the molecule is BrCC1CCN(Cc2ccc(I)cc2)CC1. The molecule has 1 aliphatic rings. The summed E-state index contributed by atoms with van der Waals surface area (Å²) in [5, 5.41) is 1.17. The third-order valence-corrected chi connectivity index (χ3v) is 4.88. The van der Waals surface area contributed by atoms with E-state index in [9.17, 15) is 0 Å². The average molecular weight is 394 g/mol. The molecule has 1 aromatic rings. The van der Waals surface area contributed by atoms with E-state index >= 15 is 0 Å². The average Bonchev–Trinajstić information content (AvgIpc) is 2.33. The number of hydrogen-bond acceptors (Lipinski definition) is 1. The molecule has 88 valence electrons. The first-order chi connectivity index (χ1) is 7.78. The molecule has 0 atom stereocenters. The lowest BCUT2D eigenvalue weighted by Crippen LogP contribution is -2.33. The van der Waals surface area contributed by atoms with Gasteiger partial charge in [0.25, 0.3) is 0 Å². The first kappa shape index (κ1) is 12.8. The van der Waals surface area contributed by atoms with E-state index in [1.807, 2.05) is 0 Å². The van der Waals surface area contributed by atoms with Crippen LogP contribution in [0.4, 0.5) is 0 Å². The topological polar surface area (TPSA) is 3.24 Å². The molecule has 0 N–H and O–H groups in total. The highest BCUT2D eigenvalue weighted by Crippen LogP contribution is 2.20. The van der Waals surface area contributed by atoms with Crippen molar-refractivity contribution in [1.29, 1.82) is 0 Å². The molecule has 0 saturated carbocycles. The number of hydrogen-bond donors (Lipinski definition) is 0. The Balaban J connectivity index is 1.84. The molecule has 16 heavy (non-hydrogen) atoms. The summed E-state index contributed by atoms with van der Waals surface area (Å²) in [6, 6.07) is 8.89. The molecule has 1 fully saturated rings. The summed E-state index contributed by atoms with van der Waals surface area (Å²) in [5.74, 6) is 0.896. The smallest absolute Gasteiger partial charge is 0.0233 e. The second-order valence-corrected chi connectivity index (χ2v) is 6.39. The van der Waals surface area contributed by atoms with Gasteiger partial charge in [0.1, 0.15) is 0 Å². The van der Waals surface area contributed by atoms with Gasteiger partial charge in [-0.1, -0.05) is 28.1 Å². The monoisotopic (exact) mass is 393 g/mol. The van der Waals surface area contributed by atoms with Crippen molar-refractivity contribution in [2.24, 2.45) is 5.92 Å². The van der Waals surface area contributed by atoms with Gasteiger partial charge in [0.2, 0.25) is 0 Å². The van der Waals surface area contributed by atoms with E-state index in [0.717, 1.165) is 12.5 Å². The molecule has 0 amide bonds. The van der Waals surface area contributed by atoms with E-state index in [1.54, 1.807) is 0 Å². The molecule has 1 aromatic carbocycles. The Hall–Kier alpha value is 0.390. The number of halogens is 2. The van der Waals surface area contributed by atoms with Crippen LogP contribution in [-0.2, 0) is 6.54 Å². The molecule has 0 aromatic heterocycles. The predicted molar refractivity (Wildman–Crippen MR) is 81.0 cm³/mol. The Kier molecular flexibility index (Phi) is 5.10. The second kappa shape index (κ2) is 6.36. The van der Waals surface area contributed by atoms with Crippen LogP contribution in [0.3, 0.4) is 0 Å². The van der Waals surface area contributed by atoms with Crippen LogP contribution in [-0.4, -0.2) is 23.3 Å². The summed E-state index contributed by atoms with van der Waals surface area (Å²) < 4.78 is 1.32. The van der Waals surface area contributed by atoms with E-state index < -0.39 is 0 Å². The van der Waals surface area contributed by atoms with Crippen molar-refractivity contribution in [3.8, 4) is 0 Å². The van der Waals surface area contributed by atoms with Gasteiger partial charge in [-0.05, 0) is 72.1 Å². The zero-order chi connectivity index (χ0) is 11.4. The van der Waals surface area contributed by atoms with Gasteiger partial charge in [-0.15, -0.1) is 0 Å². The lowest BCUT2D eigenvalue weighted by atomic mass is 9.99. The van der Waals surface area contributed by atoms with E-state index in [2.05, 4.69) is 67.7 Å². The molecule has 0 radical (unpaired) electrons. The summed E-state index contributed by atoms with van der Waals surface area (Å²) in [6.45, 7) is 3.62. The van der Waals surface area contributed by atoms with Crippen molar-refractivity contribution in [1.82, 2.24) is 4.90 Å². The molecule has 1 aliphatic heterocycles. The number of likely N-dealkylation sites (tertiary alicyclic amines) is 1. The van der Waals surface area contributed by atoms with Gasteiger partial charge in [0.05, 0.1) is 0 Å². The van der Waals surface area contributed by atoms with Gasteiger partial charge >= 0.3 is 0 Å². The number of benzene rings is 1. The molecule has 0 aliphatic carbocycles. The van der Waals surface area contributed by atoms with Crippen molar-refractivity contribution in [3.63, 3.8) is 0 Å². The Morgan fingerprint density at radius 1 is 1.19 bits per heavy atom. The van der Waals surface area contributed by atoms with Gasteiger partial charge in [-0.2, -0.15) is 0 Å². The molecule has 1 heterocycles. The van der Waals surface area contributed by atoms with Crippen LogP contribution < -0.4 is 0 Å². The first-order valence-electron chi connectivity index (χ1n) is 5.80. The predicted octanol–water partition coefficient (Wildman–Crippen LogP) is 3.90. The summed E-state index contributed by atoms with van der Waals surface area (Å²) in [7, 11) is 0. The van der Waals surface area contributed by atoms with Gasteiger partial charge in [-0.25, -0.2) is 0 Å². The molecular weight excluding hydrogens is 377 g/mol. The van der Waals surface area contributed by atoms with Crippen LogP contribution in [0.2, 0.25) is 0 Å². The van der Waals surface area contributed by atoms with E-state index in [4.69, 9.17) is 0 Å². The molecule has 3 heteroatoms. The van der Waals surface area contributed by atoms with Crippen LogP contribution in [0.15, 0.2) is 24.3 Å². The van der Waals surface area contributed by atoms with Crippen molar-refractivity contribution < 1.29 is 0 Å². The maximum Gasteiger partial charge on any atom is 0.0233 e. The van der Waals surface area contributed by atoms with E-state index in [1.165, 1.54) is 40.4 Å². The summed E-state index contributed by atoms with van der Waals surface area (Å²) in [6.07, 6.45) is 2.69. The zero-order valence-corrected chi connectivity index (χ0v) is 13.1. The minimum atomic E-state index is 0.896. The fourth-order valence-corrected chi connectivity index (χ4v) is 3.15. The van der Waals surface area contributed by atoms with Crippen molar-refractivity contribution >= 4 is 38.5 Å². The molecule has 2 rings (SSSR count). The normalized spacial score (nSPS) is 18.9. The van der Waals surface area contributed by atoms with Crippen molar-refractivity contribution in [3.05, 3.63) is 33.4 Å². The highest BCUT2D eigenvalue weighted by atomic mass is 127. The summed E-state index contributed by atoms with van der Waals surface area (Å²) >= 11 is 5.94. The number of alkyl halides is 1. The highest BCUT2D eigenvalue weighted by Gasteiger charge is 2.17. The van der Waals surface area contributed by atoms with Gasteiger partial charge < -0.3 is 0 Å². The van der Waals surface area contributed by atoms with Crippen molar-refractivity contribution in [2.75, 3.05) is 18.4 Å². The molecule has 0 bridgehead atoms. The first-order valence-corrected chi connectivity index (χ1v) is 8.00. The Bertz CT molecular complexity index is 317. The second-order valence-electron chi connectivity index (χ2n) is 4.50. The zero-order valence-electron chi connectivity index (χ0n) is 9.33. The standard InChI is InChI=1S/C13H17BrIN/c14-9-11-5-7-16(8-6-11)10-12-1-3-13(15)4-2-12/h1-4,11H,5-10H2. The maximum atomic E-state index is 3.59. The Morgan fingerprint density at radius 2 is 1.81 bits per heavy atom. The minimum Gasteiger partial charge on any atom is -0.299 e. The van der Waals surface area contributed by atoms with Gasteiger partial charge in [0.15, 0.2) is 0 Å². The van der Waals surface area contributed by atoms with Crippen LogP contribution in [0.1, 0.15) is 18.4 Å².